The highest BCUT2D eigenvalue weighted by atomic mass is 16.5. The molecule has 4 heteroatoms. The summed E-state index contributed by atoms with van der Waals surface area (Å²) in [5.74, 6) is 0.0820. The van der Waals surface area contributed by atoms with Gasteiger partial charge in [0.2, 0.25) is 5.91 Å². The fourth-order valence-electron chi connectivity index (χ4n) is 3.15. The predicted octanol–water partition coefficient (Wildman–Crippen LogP) is 2.60. The topological polar surface area (TPSA) is 64.3 Å². The highest BCUT2D eigenvalue weighted by Gasteiger charge is 2.47. The van der Waals surface area contributed by atoms with E-state index in [1.54, 1.807) is 0 Å². The number of hydrogen-bond acceptors (Lipinski definition) is 3. The van der Waals surface area contributed by atoms with Crippen LogP contribution in [0.4, 0.5) is 0 Å². The Morgan fingerprint density at radius 3 is 2.65 bits per heavy atom. The molecule has 0 radical (unpaired) electrons. The molecule has 1 fully saturated rings. The predicted molar refractivity (Wildman–Crippen MR) is 82.5 cm³/mol. The van der Waals surface area contributed by atoms with Crippen LogP contribution in [-0.4, -0.2) is 29.7 Å². The normalized spacial score (nSPS) is 27.2. The molecule has 0 aromatic heterocycles. The van der Waals surface area contributed by atoms with Crippen LogP contribution in [-0.2, 0) is 9.53 Å². The first-order valence-electron chi connectivity index (χ1n) is 7.95. The van der Waals surface area contributed by atoms with Crippen LogP contribution < -0.4 is 11.1 Å². The van der Waals surface area contributed by atoms with Crippen molar-refractivity contribution in [1.82, 2.24) is 5.32 Å². The van der Waals surface area contributed by atoms with Crippen LogP contribution in [0.25, 0.3) is 0 Å². The standard InChI is InChI=1S/C16H32N2O2/c1-6-15(4,5)20-11-9-13-8-7-10-16(13,14(17)19)18-12(2)3/h12-13,18H,6-11H2,1-5H3,(H2,17,19). The SMILES string of the molecule is CCC(C)(C)OCCC1CCCC1(NC(C)C)C(N)=O. The smallest absolute Gasteiger partial charge is 0.238 e. The Kier molecular flexibility index (Phi) is 6.02. The van der Waals surface area contributed by atoms with E-state index in [1.165, 1.54) is 0 Å². The summed E-state index contributed by atoms with van der Waals surface area (Å²) in [4.78, 5) is 12.0. The van der Waals surface area contributed by atoms with Gasteiger partial charge in [0.25, 0.3) is 0 Å². The molecule has 0 aromatic carbocycles. The maximum atomic E-state index is 12.0. The maximum Gasteiger partial charge on any atom is 0.238 e. The van der Waals surface area contributed by atoms with E-state index in [0.29, 0.717) is 6.61 Å². The first-order chi connectivity index (χ1) is 9.23. The molecule has 1 rings (SSSR count). The Balaban J connectivity index is 2.65. The number of ether oxygens (including phenoxy) is 1. The molecule has 1 amide bonds. The van der Waals surface area contributed by atoms with Crippen molar-refractivity contribution < 1.29 is 9.53 Å². The van der Waals surface area contributed by atoms with E-state index >= 15 is 0 Å². The van der Waals surface area contributed by atoms with Gasteiger partial charge in [0, 0.05) is 12.6 Å². The lowest BCUT2D eigenvalue weighted by molar-refractivity contribution is -0.126. The van der Waals surface area contributed by atoms with Gasteiger partial charge in [-0.2, -0.15) is 0 Å². The van der Waals surface area contributed by atoms with Gasteiger partial charge in [0.05, 0.1) is 5.60 Å². The second-order valence-corrected chi connectivity index (χ2v) is 6.97. The third kappa shape index (κ3) is 4.19. The zero-order chi connectivity index (χ0) is 15.4. The summed E-state index contributed by atoms with van der Waals surface area (Å²) in [6, 6.07) is 0.260. The lowest BCUT2D eigenvalue weighted by Gasteiger charge is -2.36. The molecule has 3 N–H and O–H groups in total. The van der Waals surface area contributed by atoms with Crippen LogP contribution in [0.3, 0.4) is 0 Å². The van der Waals surface area contributed by atoms with E-state index in [4.69, 9.17) is 10.5 Å². The average molecular weight is 284 g/mol. The van der Waals surface area contributed by atoms with Gasteiger partial charge in [-0.15, -0.1) is 0 Å². The molecule has 0 aromatic rings. The Morgan fingerprint density at radius 1 is 1.50 bits per heavy atom. The second kappa shape index (κ2) is 6.90. The van der Waals surface area contributed by atoms with Gasteiger partial charge in [0.15, 0.2) is 0 Å². The van der Waals surface area contributed by atoms with Gasteiger partial charge in [-0.3, -0.25) is 4.79 Å². The van der Waals surface area contributed by atoms with Crippen LogP contribution in [0.15, 0.2) is 0 Å². The molecule has 2 atom stereocenters. The molecule has 0 heterocycles. The summed E-state index contributed by atoms with van der Waals surface area (Å²) in [6.07, 6.45) is 4.85. The van der Waals surface area contributed by atoms with E-state index < -0.39 is 5.54 Å². The van der Waals surface area contributed by atoms with Gasteiger partial charge in [0.1, 0.15) is 5.54 Å². The van der Waals surface area contributed by atoms with Crippen LogP contribution in [0, 0.1) is 5.92 Å². The Morgan fingerprint density at radius 2 is 2.15 bits per heavy atom. The summed E-state index contributed by atoms with van der Waals surface area (Å²) in [7, 11) is 0. The number of hydrogen-bond donors (Lipinski definition) is 2. The van der Waals surface area contributed by atoms with Crippen molar-refractivity contribution in [3.05, 3.63) is 0 Å². The van der Waals surface area contributed by atoms with E-state index in [0.717, 1.165) is 32.1 Å². The maximum absolute atomic E-state index is 12.0. The summed E-state index contributed by atoms with van der Waals surface area (Å²) in [6.45, 7) is 11.2. The van der Waals surface area contributed by atoms with Crippen molar-refractivity contribution in [2.75, 3.05) is 6.61 Å². The molecule has 0 bridgehead atoms. The lowest BCUT2D eigenvalue weighted by Crippen LogP contribution is -2.60. The minimum absolute atomic E-state index is 0.0839. The zero-order valence-electron chi connectivity index (χ0n) is 13.8. The minimum Gasteiger partial charge on any atom is -0.376 e. The lowest BCUT2D eigenvalue weighted by atomic mass is 9.83. The summed E-state index contributed by atoms with van der Waals surface area (Å²) >= 11 is 0. The van der Waals surface area contributed by atoms with E-state index in [2.05, 4.69) is 39.9 Å². The monoisotopic (exact) mass is 284 g/mol. The number of primary amides is 1. The summed E-state index contributed by atoms with van der Waals surface area (Å²) in [5, 5.41) is 3.44. The Hall–Kier alpha value is -0.610. The van der Waals surface area contributed by atoms with Crippen molar-refractivity contribution >= 4 is 5.91 Å². The van der Waals surface area contributed by atoms with Gasteiger partial charge < -0.3 is 15.8 Å². The highest BCUT2D eigenvalue weighted by molar-refractivity contribution is 5.85. The van der Waals surface area contributed by atoms with Gasteiger partial charge in [-0.05, 0) is 59.3 Å². The fraction of sp³-hybridized carbons (Fsp3) is 0.938. The van der Waals surface area contributed by atoms with Crippen LogP contribution in [0.2, 0.25) is 0 Å². The molecule has 0 aliphatic heterocycles. The second-order valence-electron chi connectivity index (χ2n) is 6.97. The van der Waals surface area contributed by atoms with Crippen molar-refractivity contribution in [2.45, 2.75) is 83.9 Å². The van der Waals surface area contributed by atoms with Gasteiger partial charge in [-0.1, -0.05) is 13.3 Å². The number of carbonyl (C=O) groups is 1. The number of rotatable bonds is 8. The van der Waals surface area contributed by atoms with Crippen molar-refractivity contribution in [2.24, 2.45) is 11.7 Å². The number of amides is 1. The molecule has 1 aliphatic rings. The van der Waals surface area contributed by atoms with E-state index in [1.807, 2.05) is 0 Å². The number of nitrogens with one attached hydrogen (secondary N) is 1. The molecular weight excluding hydrogens is 252 g/mol. The van der Waals surface area contributed by atoms with Crippen molar-refractivity contribution in [3.63, 3.8) is 0 Å². The molecule has 2 unspecified atom stereocenters. The van der Waals surface area contributed by atoms with Crippen LogP contribution in [0.5, 0.6) is 0 Å². The molecule has 0 spiro atoms. The first-order valence-corrected chi connectivity index (χ1v) is 7.95. The summed E-state index contributed by atoms with van der Waals surface area (Å²) < 4.78 is 5.94. The number of carbonyl (C=O) groups excluding carboxylic acids is 1. The average Bonchev–Trinajstić information content (AvgIpc) is 2.72. The molecule has 4 nitrogen and oxygen atoms in total. The quantitative estimate of drug-likeness (QED) is 0.720. The Bertz CT molecular complexity index is 328. The number of nitrogens with two attached hydrogens (primary N) is 1. The van der Waals surface area contributed by atoms with Crippen LogP contribution >= 0.6 is 0 Å². The highest BCUT2D eigenvalue weighted by Crippen LogP contribution is 2.38. The van der Waals surface area contributed by atoms with Crippen molar-refractivity contribution in [1.29, 1.82) is 0 Å². The van der Waals surface area contributed by atoms with E-state index in [9.17, 15) is 4.79 Å². The molecule has 1 saturated carbocycles. The minimum atomic E-state index is -0.534. The first kappa shape index (κ1) is 17.4. The molecule has 1 aliphatic carbocycles. The molecule has 20 heavy (non-hydrogen) atoms. The van der Waals surface area contributed by atoms with Gasteiger partial charge >= 0.3 is 0 Å². The third-order valence-corrected chi connectivity index (χ3v) is 4.62. The van der Waals surface area contributed by atoms with Crippen molar-refractivity contribution in [3.8, 4) is 0 Å². The molecular formula is C16H32N2O2. The van der Waals surface area contributed by atoms with Gasteiger partial charge in [-0.25, -0.2) is 0 Å². The molecule has 118 valence electrons. The zero-order valence-corrected chi connectivity index (χ0v) is 13.8. The molecule has 0 saturated heterocycles. The Labute approximate surface area is 123 Å². The van der Waals surface area contributed by atoms with E-state index in [-0.39, 0.29) is 23.5 Å². The fourth-order valence-corrected chi connectivity index (χ4v) is 3.15. The van der Waals surface area contributed by atoms with Crippen LogP contribution in [0.1, 0.15) is 66.7 Å². The largest absolute Gasteiger partial charge is 0.376 e. The third-order valence-electron chi connectivity index (χ3n) is 4.62. The summed E-state index contributed by atoms with van der Waals surface area (Å²) in [5.41, 5.74) is 5.10.